The van der Waals surface area contributed by atoms with Crippen LogP contribution in [0.15, 0.2) is 36.7 Å². The fourth-order valence-corrected chi connectivity index (χ4v) is 2.19. The summed E-state index contributed by atoms with van der Waals surface area (Å²) in [5.74, 6) is 2.82. The second-order valence-corrected chi connectivity index (χ2v) is 4.74. The zero-order valence-electron chi connectivity index (χ0n) is 12.0. The van der Waals surface area contributed by atoms with Crippen LogP contribution in [0.3, 0.4) is 0 Å². The molecular weight excluding hydrogens is 268 g/mol. The zero-order chi connectivity index (χ0) is 14.5. The Balaban J connectivity index is 1.68. The number of benzene rings is 1. The predicted molar refractivity (Wildman–Crippen MR) is 80.2 cm³/mol. The Kier molecular flexibility index (Phi) is 4.16. The Morgan fingerprint density at radius 3 is 2.48 bits per heavy atom. The van der Waals surface area contributed by atoms with Gasteiger partial charge in [-0.15, -0.1) is 0 Å². The number of aromatic nitrogens is 2. The molecule has 0 unspecified atom stereocenters. The van der Waals surface area contributed by atoms with Crippen LogP contribution in [-0.4, -0.2) is 43.3 Å². The molecule has 0 aliphatic carbocycles. The summed E-state index contributed by atoms with van der Waals surface area (Å²) in [6.45, 7) is 3.78. The van der Waals surface area contributed by atoms with E-state index in [1.807, 2.05) is 24.3 Å². The Morgan fingerprint density at radius 1 is 1.05 bits per heavy atom. The van der Waals surface area contributed by atoms with Crippen LogP contribution >= 0.6 is 0 Å². The number of hydrogen-bond donors (Lipinski definition) is 1. The minimum atomic E-state index is 0.613. The van der Waals surface area contributed by atoms with E-state index in [4.69, 9.17) is 9.47 Å². The van der Waals surface area contributed by atoms with Crippen molar-refractivity contribution < 1.29 is 9.47 Å². The summed E-state index contributed by atoms with van der Waals surface area (Å²) >= 11 is 0. The third-order valence-corrected chi connectivity index (χ3v) is 3.29. The number of nitrogens with zero attached hydrogens (tertiary/aromatic N) is 3. The van der Waals surface area contributed by atoms with Crippen LogP contribution in [0.25, 0.3) is 0 Å². The molecule has 1 aliphatic rings. The van der Waals surface area contributed by atoms with Crippen molar-refractivity contribution in [2.24, 2.45) is 0 Å². The molecule has 0 radical (unpaired) electrons. The van der Waals surface area contributed by atoms with Gasteiger partial charge >= 0.3 is 0 Å². The highest BCUT2D eigenvalue weighted by molar-refractivity contribution is 5.37. The van der Waals surface area contributed by atoms with E-state index in [2.05, 4.69) is 20.2 Å². The lowest BCUT2D eigenvalue weighted by Gasteiger charge is -2.27. The number of ether oxygens (including phenoxy) is 2. The molecule has 1 aromatic carbocycles. The van der Waals surface area contributed by atoms with E-state index in [0.717, 1.165) is 37.9 Å². The summed E-state index contributed by atoms with van der Waals surface area (Å²) in [4.78, 5) is 10.9. The number of piperazine rings is 1. The van der Waals surface area contributed by atoms with Crippen molar-refractivity contribution in [3.63, 3.8) is 0 Å². The molecule has 0 saturated carbocycles. The number of hydrogen-bond acceptors (Lipinski definition) is 6. The Morgan fingerprint density at radius 2 is 1.76 bits per heavy atom. The summed E-state index contributed by atoms with van der Waals surface area (Å²) in [6.07, 6.45) is 3.40. The first-order chi connectivity index (χ1) is 10.3. The second-order valence-electron chi connectivity index (χ2n) is 4.74. The third kappa shape index (κ3) is 3.41. The molecule has 0 bridgehead atoms. The Labute approximate surface area is 123 Å². The molecule has 1 aromatic heterocycles. The average Bonchev–Trinajstić information content (AvgIpc) is 2.56. The standard InChI is InChI=1S/C15H18N4O2/c1-20-12-3-2-4-13(9-12)21-14-10-17-15(18-11-14)19-7-5-16-6-8-19/h2-4,9-11,16H,5-8H2,1H3. The van der Waals surface area contributed by atoms with Gasteiger partial charge in [0.2, 0.25) is 5.95 Å². The second kappa shape index (κ2) is 6.41. The highest BCUT2D eigenvalue weighted by atomic mass is 16.5. The van der Waals surface area contributed by atoms with Crippen molar-refractivity contribution in [2.75, 3.05) is 38.2 Å². The van der Waals surface area contributed by atoms with Gasteiger partial charge in [-0.1, -0.05) is 6.07 Å². The molecule has 6 nitrogen and oxygen atoms in total. The molecule has 1 N–H and O–H groups in total. The van der Waals surface area contributed by atoms with E-state index in [0.29, 0.717) is 11.5 Å². The van der Waals surface area contributed by atoms with Gasteiger partial charge in [0.1, 0.15) is 11.5 Å². The van der Waals surface area contributed by atoms with Crippen LogP contribution in [0.1, 0.15) is 0 Å². The van der Waals surface area contributed by atoms with Crippen LogP contribution in [-0.2, 0) is 0 Å². The molecule has 1 saturated heterocycles. The molecular formula is C15H18N4O2. The van der Waals surface area contributed by atoms with Gasteiger partial charge in [-0.25, -0.2) is 9.97 Å². The summed E-state index contributed by atoms with van der Waals surface area (Å²) in [5.41, 5.74) is 0. The maximum absolute atomic E-state index is 5.73. The largest absolute Gasteiger partial charge is 0.497 e. The molecule has 1 aliphatic heterocycles. The monoisotopic (exact) mass is 286 g/mol. The molecule has 110 valence electrons. The molecule has 6 heteroatoms. The van der Waals surface area contributed by atoms with Crippen LogP contribution in [0.4, 0.5) is 5.95 Å². The van der Waals surface area contributed by atoms with Crippen molar-refractivity contribution in [3.05, 3.63) is 36.7 Å². The van der Waals surface area contributed by atoms with Gasteiger partial charge in [0.25, 0.3) is 0 Å². The first-order valence-electron chi connectivity index (χ1n) is 6.95. The summed E-state index contributed by atoms with van der Waals surface area (Å²) < 4.78 is 10.9. The minimum Gasteiger partial charge on any atom is -0.497 e. The Hall–Kier alpha value is -2.34. The lowest BCUT2D eigenvalue weighted by molar-refractivity contribution is 0.408. The van der Waals surface area contributed by atoms with Gasteiger partial charge < -0.3 is 19.7 Å². The molecule has 21 heavy (non-hydrogen) atoms. The molecule has 1 fully saturated rings. The van der Waals surface area contributed by atoms with Gasteiger partial charge in [-0.3, -0.25) is 0 Å². The predicted octanol–water partition coefficient (Wildman–Crippen LogP) is 1.69. The average molecular weight is 286 g/mol. The highest BCUT2D eigenvalue weighted by Gasteiger charge is 2.12. The number of methoxy groups -OCH3 is 1. The minimum absolute atomic E-state index is 0.613. The lowest BCUT2D eigenvalue weighted by atomic mass is 10.3. The van der Waals surface area contributed by atoms with Crippen molar-refractivity contribution >= 4 is 5.95 Å². The van der Waals surface area contributed by atoms with Gasteiger partial charge in [-0.2, -0.15) is 0 Å². The van der Waals surface area contributed by atoms with Crippen molar-refractivity contribution in [2.45, 2.75) is 0 Å². The Bertz CT molecular complexity index is 582. The quantitative estimate of drug-likeness (QED) is 0.923. The maximum Gasteiger partial charge on any atom is 0.225 e. The van der Waals surface area contributed by atoms with Crippen molar-refractivity contribution in [1.82, 2.24) is 15.3 Å². The summed E-state index contributed by atoms with van der Waals surface area (Å²) in [7, 11) is 1.63. The van der Waals surface area contributed by atoms with Gasteiger partial charge in [0.05, 0.1) is 19.5 Å². The molecule has 3 rings (SSSR count). The normalized spacial score (nSPS) is 14.8. The lowest BCUT2D eigenvalue weighted by Crippen LogP contribution is -2.44. The first kappa shape index (κ1) is 13.6. The summed E-state index contributed by atoms with van der Waals surface area (Å²) in [6, 6.07) is 7.44. The SMILES string of the molecule is COc1cccc(Oc2cnc(N3CCNCC3)nc2)c1. The zero-order valence-corrected chi connectivity index (χ0v) is 12.0. The van der Waals surface area contributed by atoms with Crippen LogP contribution in [0.2, 0.25) is 0 Å². The van der Waals surface area contributed by atoms with Gasteiger partial charge in [-0.05, 0) is 12.1 Å². The number of rotatable bonds is 4. The van der Waals surface area contributed by atoms with E-state index in [1.54, 1.807) is 19.5 Å². The third-order valence-electron chi connectivity index (χ3n) is 3.29. The first-order valence-corrected chi connectivity index (χ1v) is 6.95. The molecule has 0 amide bonds. The fourth-order valence-electron chi connectivity index (χ4n) is 2.19. The molecule has 2 aromatic rings. The highest BCUT2D eigenvalue weighted by Crippen LogP contribution is 2.24. The van der Waals surface area contributed by atoms with Crippen LogP contribution in [0.5, 0.6) is 17.2 Å². The summed E-state index contributed by atoms with van der Waals surface area (Å²) in [5, 5.41) is 3.31. The molecule has 2 heterocycles. The van der Waals surface area contributed by atoms with E-state index in [9.17, 15) is 0 Å². The topological polar surface area (TPSA) is 59.5 Å². The maximum atomic E-state index is 5.73. The number of anilines is 1. The van der Waals surface area contributed by atoms with Crippen LogP contribution < -0.4 is 19.7 Å². The van der Waals surface area contributed by atoms with Gasteiger partial charge in [0, 0.05) is 32.2 Å². The molecule has 0 spiro atoms. The van der Waals surface area contributed by atoms with E-state index in [1.165, 1.54) is 0 Å². The smallest absolute Gasteiger partial charge is 0.225 e. The van der Waals surface area contributed by atoms with Crippen molar-refractivity contribution in [1.29, 1.82) is 0 Å². The fraction of sp³-hybridized carbons (Fsp3) is 0.333. The van der Waals surface area contributed by atoms with Gasteiger partial charge in [0.15, 0.2) is 5.75 Å². The van der Waals surface area contributed by atoms with E-state index < -0.39 is 0 Å². The van der Waals surface area contributed by atoms with E-state index in [-0.39, 0.29) is 0 Å². The molecule has 0 atom stereocenters. The van der Waals surface area contributed by atoms with Crippen molar-refractivity contribution in [3.8, 4) is 17.2 Å². The van der Waals surface area contributed by atoms with Crippen LogP contribution in [0, 0.1) is 0 Å². The van der Waals surface area contributed by atoms with E-state index >= 15 is 0 Å². The number of nitrogens with one attached hydrogen (secondary N) is 1.